The van der Waals surface area contributed by atoms with Crippen molar-refractivity contribution < 1.29 is 9.90 Å². The van der Waals surface area contributed by atoms with Crippen molar-refractivity contribution in [3.63, 3.8) is 0 Å². The molecule has 17 heavy (non-hydrogen) atoms. The summed E-state index contributed by atoms with van der Waals surface area (Å²) in [5.41, 5.74) is 0.805. The minimum Gasteiger partial charge on any atom is -0.478 e. The first-order chi connectivity index (χ1) is 8.18. The maximum absolute atomic E-state index is 11.0. The number of carbonyl (C=O) groups is 1. The normalized spacial score (nSPS) is 16.6. The molecular formula is C12H17N3O2. The first kappa shape index (κ1) is 12.0. The lowest BCUT2D eigenvalue weighted by Crippen LogP contribution is -2.29. The van der Waals surface area contributed by atoms with Gasteiger partial charge in [0.25, 0.3) is 0 Å². The Kier molecular flexibility index (Phi) is 3.68. The monoisotopic (exact) mass is 235 g/mol. The second-order valence-corrected chi connectivity index (χ2v) is 4.54. The minimum absolute atomic E-state index is 0.206. The molecule has 1 N–H and O–H groups in total. The van der Waals surface area contributed by atoms with Crippen LogP contribution in [0.25, 0.3) is 0 Å². The van der Waals surface area contributed by atoms with Crippen LogP contribution >= 0.6 is 0 Å². The van der Waals surface area contributed by atoms with Crippen LogP contribution in [0, 0.1) is 0 Å². The summed E-state index contributed by atoms with van der Waals surface area (Å²) in [6.07, 6.45) is 7.71. The highest BCUT2D eigenvalue weighted by Gasteiger charge is 2.21. The Morgan fingerprint density at radius 1 is 1.53 bits per heavy atom. The SMILES string of the molecule is CN(Cc1ncncc1C(=O)O)C1CCCC1. The highest BCUT2D eigenvalue weighted by atomic mass is 16.4. The van der Waals surface area contributed by atoms with Crippen LogP contribution in [-0.4, -0.2) is 39.0 Å². The number of aromatic nitrogens is 2. The summed E-state index contributed by atoms with van der Waals surface area (Å²) in [6, 6.07) is 0.562. The molecule has 5 nitrogen and oxygen atoms in total. The van der Waals surface area contributed by atoms with E-state index in [-0.39, 0.29) is 5.56 Å². The first-order valence-corrected chi connectivity index (χ1v) is 5.91. The van der Waals surface area contributed by atoms with E-state index < -0.39 is 5.97 Å². The van der Waals surface area contributed by atoms with E-state index in [1.807, 2.05) is 7.05 Å². The predicted octanol–water partition coefficient (Wildman–Crippen LogP) is 1.55. The van der Waals surface area contributed by atoms with Crippen molar-refractivity contribution in [2.75, 3.05) is 7.05 Å². The molecule has 0 radical (unpaired) electrons. The molecule has 0 atom stereocenters. The minimum atomic E-state index is -0.958. The van der Waals surface area contributed by atoms with E-state index in [1.165, 1.54) is 38.2 Å². The van der Waals surface area contributed by atoms with E-state index >= 15 is 0 Å². The predicted molar refractivity (Wildman–Crippen MR) is 62.7 cm³/mol. The molecule has 1 aliphatic rings. The zero-order chi connectivity index (χ0) is 12.3. The van der Waals surface area contributed by atoms with Crippen molar-refractivity contribution in [1.82, 2.24) is 14.9 Å². The molecular weight excluding hydrogens is 218 g/mol. The molecule has 1 aliphatic carbocycles. The van der Waals surface area contributed by atoms with E-state index in [1.54, 1.807) is 0 Å². The van der Waals surface area contributed by atoms with Gasteiger partial charge in [0.2, 0.25) is 0 Å². The van der Waals surface area contributed by atoms with Crippen LogP contribution in [0.15, 0.2) is 12.5 Å². The lowest BCUT2D eigenvalue weighted by atomic mass is 10.2. The third-order valence-electron chi connectivity index (χ3n) is 3.37. The lowest BCUT2D eigenvalue weighted by molar-refractivity contribution is 0.0693. The molecule has 0 amide bonds. The van der Waals surface area contributed by atoms with Gasteiger partial charge >= 0.3 is 5.97 Å². The molecule has 2 rings (SSSR count). The highest BCUT2D eigenvalue weighted by Crippen LogP contribution is 2.23. The van der Waals surface area contributed by atoms with Gasteiger partial charge in [-0.25, -0.2) is 14.8 Å². The number of carboxylic acids is 1. The van der Waals surface area contributed by atoms with Crippen LogP contribution in [0.2, 0.25) is 0 Å². The summed E-state index contributed by atoms with van der Waals surface area (Å²) >= 11 is 0. The van der Waals surface area contributed by atoms with Gasteiger partial charge in [0.05, 0.1) is 5.69 Å². The summed E-state index contributed by atoms with van der Waals surface area (Å²) < 4.78 is 0. The van der Waals surface area contributed by atoms with E-state index in [0.717, 1.165) is 0 Å². The maximum Gasteiger partial charge on any atom is 0.339 e. The fraction of sp³-hybridized carbons (Fsp3) is 0.583. The number of nitrogens with zero attached hydrogens (tertiary/aromatic N) is 3. The van der Waals surface area contributed by atoms with Crippen LogP contribution in [0.1, 0.15) is 41.7 Å². The quantitative estimate of drug-likeness (QED) is 0.857. The Balaban J connectivity index is 2.09. The summed E-state index contributed by atoms with van der Waals surface area (Å²) in [5, 5.41) is 9.05. The van der Waals surface area contributed by atoms with Gasteiger partial charge < -0.3 is 5.11 Å². The molecule has 92 valence electrons. The van der Waals surface area contributed by atoms with Gasteiger partial charge in [-0.2, -0.15) is 0 Å². The van der Waals surface area contributed by atoms with Crippen molar-refractivity contribution in [3.05, 3.63) is 23.8 Å². The molecule has 1 saturated carbocycles. The topological polar surface area (TPSA) is 66.3 Å². The van der Waals surface area contributed by atoms with Gasteiger partial charge in [-0.3, -0.25) is 4.90 Å². The molecule has 1 fully saturated rings. The second kappa shape index (κ2) is 5.23. The number of aromatic carboxylic acids is 1. The molecule has 0 aromatic carbocycles. The second-order valence-electron chi connectivity index (χ2n) is 4.54. The summed E-state index contributed by atoms with van der Waals surface area (Å²) in [6.45, 7) is 0.578. The van der Waals surface area contributed by atoms with Gasteiger partial charge in [0.1, 0.15) is 11.9 Å². The van der Waals surface area contributed by atoms with Gasteiger partial charge in [-0.05, 0) is 19.9 Å². The fourth-order valence-electron chi connectivity index (χ4n) is 2.37. The summed E-state index contributed by atoms with van der Waals surface area (Å²) in [5.74, 6) is -0.958. The van der Waals surface area contributed by atoms with E-state index in [9.17, 15) is 4.79 Å². The van der Waals surface area contributed by atoms with Crippen molar-refractivity contribution >= 4 is 5.97 Å². The number of rotatable bonds is 4. The Morgan fingerprint density at radius 3 is 2.88 bits per heavy atom. The van der Waals surface area contributed by atoms with Crippen LogP contribution in [0.3, 0.4) is 0 Å². The Bertz CT molecular complexity index is 402. The molecule has 0 unspecified atom stereocenters. The molecule has 1 aromatic heterocycles. The zero-order valence-corrected chi connectivity index (χ0v) is 9.96. The molecule has 5 heteroatoms. The molecule has 0 spiro atoms. The van der Waals surface area contributed by atoms with Crippen LogP contribution in [0.5, 0.6) is 0 Å². The van der Waals surface area contributed by atoms with E-state index in [0.29, 0.717) is 18.3 Å². The van der Waals surface area contributed by atoms with Crippen LogP contribution in [-0.2, 0) is 6.54 Å². The van der Waals surface area contributed by atoms with Crippen molar-refractivity contribution in [3.8, 4) is 0 Å². The Hall–Kier alpha value is -1.49. The standard InChI is InChI=1S/C12H17N3O2/c1-15(9-4-2-3-5-9)7-11-10(12(16)17)6-13-8-14-11/h6,8-9H,2-5,7H2,1H3,(H,16,17). The van der Waals surface area contributed by atoms with Crippen LogP contribution < -0.4 is 0 Å². The Morgan fingerprint density at radius 2 is 2.24 bits per heavy atom. The van der Waals surface area contributed by atoms with Gasteiger partial charge in [0.15, 0.2) is 0 Å². The largest absolute Gasteiger partial charge is 0.478 e. The Labute approximate surface area is 100 Å². The smallest absolute Gasteiger partial charge is 0.339 e. The summed E-state index contributed by atoms with van der Waals surface area (Å²) in [7, 11) is 2.03. The third-order valence-corrected chi connectivity index (χ3v) is 3.37. The third kappa shape index (κ3) is 2.79. The molecule has 1 heterocycles. The van der Waals surface area contributed by atoms with Gasteiger partial charge in [-0.15, -0.1) is 0 Å². The molecule has 0 aliphatic heterocycles. The van der Waals surface area contributed by atoms with Gasteiger partial charge in [-0.1, -0.05) is 12.8 Å². The first-order valence-electron chi connectivity index (χ1n) is 5.91. The van der Waals surface area contributed by atoms with Crippen molar-refractivity contribution in [2.24, 2.45) is 0 Å². The zero-order valence-electron chi connectivity index (χ0n) is 9.96. The highest BCUT2D eigenvalue weighted by molar-refractivity contribution is 5.88. The van der Waals surface area contributed by atoms with E-state index in [4.69, 9.17) is 5.11 Å². The average molecular weight is 235 g/mol. The average Bonchev–Trinajstić information content (AvgIpc) is 2.83. The lowest BCUT2D eigenvalue weighted by Gasteiger charge is -2.23. The molecule has 0 saturated heterocycles. The fourth-order valence-corrected chi connectivity index (χ4v) is 2.37. The number of hydrogen-bond acceptors (Lipinski definition) is 4. The van der Waals surface area contributed by atoms with Crippen molar-refractivity contribution in [1.29, 1.82) is 0 Å². The number of hydrogen-bond donors (Lipinski definition) is 1. The van der Waals surface area contributed by atoms with E-state index in [2.05, 4.69) is 14.9 Å². The van der Waals surface area contributed by atoms with Crippen molar-refractivity contribution in [2.45, 2.75) is 38.3 Å². The van der Waals surface area contributed by atoms with Crippen LogP contribution in [0.4, 0.5) is 0 Å². The summed E-state index contributed by atoms with van der Waals surface area (Å²) in [4.78, 5) is 21.1. The maximum atomic E-state index is 11.0. The molecule has 0 bridgehead atoms. The molecule has 1 aromatic rings. The van der Waals surface area contributed by atoms with Gasteiger partial charge in [0, 0.05) is 18.8 Å². The number of carboxylic acid groups (broad SMARTS) is 1.